The van der Waals surface area contributed by atoms with E-state index in [2.05, 4.69) is 11.8 Å². The summed E-state index contributed by atoms with van der Waals surface area (Å²) in [5.41, 5.74) is 0. The summed E-state index contributed by atoms with van der Waals surface area (Å²) < 4.78 is 25.4. The Morgan fingerprint density at radius 2 is 1.71 bits per heavy atom. The Morgan fingerprint density at radius 3 is 2.29 bits per heavy atom. The van der Waals surface area contributed by atoms with Gasteiger partial charge in [0.2, 0.25) is 0 Å². The lowest BCUT2D eigenvalue weighted by atomic mass is 10.0. The highest BCUT2D eigenvalue weighted by atomic mass is 32.2. The maximum absolute atomic E-state index is 11.9. The molecule has 0 spiro atoms. The van der Waals surface area contributed by atoms with E-state index in [9.17, 15) is 8.42 Å². The maximum Gasteiger partial charge on any atom is 0.301 e. The zero-order chi connectivity index (χ0) is 12.3. The van der Waals surface area contributed by atoms with Crippen LogP contribution in [0.2, 0.25) is 0 Å². The molecule has 1 aliphatic heterocycles. The molecule has 1 N–H and O–H groups in total. The highest BCUT2D eigenvalue weighted by molar-refractivity contribution is 7.87. The van der Waals surface area contributed by atoms with E-state index >= 15 is 0 Å². The predicted octanol–water partition coefficient (Wildman–Crippen LogP) is 1.43. The fraction of sp³-hybridized carbons (Fsp3) is 1.00. The highest BCUT2D eigenvalue weighted by Gasteiger charge is 2.27. The third-order valence-electron chi connectivity index (χ3n) is 3.70. The molecule has 0 aromatic rings. The van der Waals surface area contributed by atoms with E-state index in [4.69, 9.17) is 4.84 Å². The summed E-state index contributed by atoms with van der Waals surface area (Å²) in [5.74, 6) is 0.622. The quantitative estimate of drug-likeness (QED) is 0.780. The van der Waals surface area contributed by atoms with Crippen LogP contribution in [0.25, 0.3) is 0 Å². The molecular formula is C11H22N2O3S. The molecule has 0 atom stereocenters. The van der Waals surface area contributed by atoms with Gasteiger partial charge in [-0.15, -0.1) is 0 Å². The molecule has 2 rings (SSSR count). The fourth-order valence-electron chi connectivity index (χ4n) is 2.41. The second-order valence-corrected chi connectivity index (χ2v) is 6.83. The van der Waals surface area contributed by atoms with Gasteiger partial charge >= 0.3 is 10.2 Å². The topological polar surface area (TPSA) is 58.6 Å². The first-order chi connectivity index (χ1) is 8.08. The molecule has 100 valence electrons. The van der Waals surface area contributed by atoms with Crippen LogP contribution in [0.15, 0.2) is 0 Å². The third-order valence-corrected chi connectivity index (χ3v) is 5.06. The Morgan fingerprint density at radius 1 is 1.12 bits per heavy atom. The molecule has 1 heterocycles. The standard InChI is InChI=1S/C11H22N2O3S/c1-10-6-8-13(9-7-10)17(14,15)12-16-11-4-2-3-5-11/h10-12H,2-9H2,1H3. The van der Waals surface area contributed by atoms with E-state index in [0.29, 0.717) is 19.0 Å². The number of hydrogen-bond acceptors (Lipinski definition) is 3. The number of nitrogens with one attached hydrogen (secondary N) is 1. The van der Waals surface area contributed by atoms with Gasteiger partial charge in [0.05, 0.1) is 6.10 Å². The Balaban J connectivity index is 1.81. The van der Waals surface area contributed by atoms with Crippen LogP contribution in [0.4, 0.5) is 0 Å². The molecule has 0 aromatic heterocycles. The van der Waals surface area contributed by atoms with Crippen molar-refractivity contribution >= 4 is 10.2 Å². The van der Waals surface area contributed by atoms with Gasteiger partial charge in [-0.1, -0.05) is 24.7 Å². The summed E-state index contributed by atoms with van der Waals surface area (Å²) in [4.78, 5) is 7.55. The minimum atomic E-state index is -3.43. The van der Waals surface area contributed by atoms with Gasteiger partial charge in [-0.2, -0.15) is 12.7 Å². The number of nitrogens with zero attached hydrogens (tertiary/aromatic N) is 1. The lowest BCUT2D eigenvalue weighted by molar-refractivity contribution is 0.0183. The summed E-state index contributed by atoms with van der Waals surface area (Å²) >= 11 is 0. The second kappa shape index (κ2) is 5.65. The van der Waals surface area contributed by atoms with E-state index in [1.165, 1.54) is 4.31 Å². The first-order valence-corrected chi connectivity index (χ1v) is 7.94. The Hall–Kier alpha value is -0.170. The van der Waals surface area contributed by atoms with Crippen LogP contribution in [-0.4, -0.2) is 31.9 Å². The molecule has 2 fully saturated rings. The summed E-state index contributed by atoms with van der Waals surface area (Å²) in [5, 5.41) is 0. The summed E-state index contributed by atoms with van der Waals surface area (Å²) in [6, 6.07) is 0. The van der Waals surface area contributed by atoms with Crippen molar-refractivity contribution in [3.63, 3.8) is 0 Å². The summed E-state index contributed by atoms with van der Waals surface area (Å²) in [6.45, 7) is 3.36. The van der Waals surface area contributed by atoms with E-state index < -0.39 is 10.2 Å². The van der Waals surface area contributed by atoms with Crippen molar-refractivity contribution in [1.82, 2.24) is 9.19 Å². The molecule has 0 radical (unpaired) electrons. The normalized spacial score (nSPS) is 25.5. The minimum Gasteiger partial charge on any atom is -0.283 e. The van der Waals surface area contributed by atoms with Gasteiger partial charge in [0.25, 0.3) is 0 Å². The zero-order valence-electron chi connectivity index (χ0n) is 10.4. The molecule has 1 aliphatic carbocycles. The van der Waals surface area contributed by atoms with Crippen molar-refractivity contribution in [1.29, 1.82) is 0 Å². The Bertz CT molecular complexity index is 331. The van der Waals surface area contributed by atoms with Crippen LogP contribution >= 0.6 is 0 Å². The Labute approximate surface area is 104 Å². The molecule has 5 nitrogen and oxygen atoms in total. The van der Waals surface area contributed by atoms with Gasteiger partial charge < -0.3 is 0 Å². The van der Waals surface area contributed by atoms with Crippen LogP contribution in [0, 0.1) is 5.92 Å². The molecule has 2 aliphatic rings. The van der Waals surface area contributed by atoms with E-state index in [1.54, 1.807) is 0 Å². The lowest BCUT2D eigenvalue weighted by Crippen LogP contribution is -2.45. The molecule has 17 heavy (non-hydrogen) atoms. The van der Waals surface area contributed by atoms with Crippen LogP contribution in [0.5, 0.6) is 0 Å². The fourth-order valence-corrected chi connectivity index (χ4v) is 3.47. The molecule has 0 aromatic carbocycles. The molecule has 6 heteroatoms. The van der Waals surface area contributed by atoms with Gasteiger partial charge in [0.15, 0.2) is 0 Å². The smallest absolute Gasteiger partial charge is 0.283 e. The average Bonchev–Trinajstić information content (AvgIpc) is 2.80. The lowest BCUT2D eigenvalue weighted by Gasteiger charge is -2.29. The van der Waals surface area contributed by atoms with Crippen molar-refractivity contribution < 1.29 is 13.3 Å². The molecule has 1 saturated heterocycles. The molecule has 0 bridgehead atoms. The average molecular weight is 262 g/mol. The van der Waals surface area contributed by atoms with Gasteiger partial charge in [-0.25, -0.2) is 0 Å². The minimum absolute atomic E-state index is 0.0634. The third kappa shape index (κ3) is 3.64. The highest BCUT2D eigenvalue weighted by Crippen LogP contribution is 2.21. The van der Waals surface area contributed by atoms with Crippen LogP contribution < -0.4 is 4.89 Å². The van der Waals surface area contributed by atoms with Crippen molar-refractivity contribution in [2.75, 3.05) is 13.1 Å². The van der Waals surface area contributed by atoms with Crippen molar-refractivity contribution in [2.45, 2.75) is 51.6 Å². The van der Waals surface area contributed by atoms with Crippen molar-refractivity contribution in [3.8, 4) is 0 Å². The van der Waals surface area contributed by atoms with Gasteiger partial charge in [0.1, 0.15) is 0 Å². The van der Waals surface area contributed by atoms with Crippen LogP contribution in [0.1, 0.15) is 45.4 Å². The van der Waals surface area contributed by atoms with Gasteiger partial charge in [-0.3, -0.25) is 4.84 Å². The maximum atomic E-state index is 11.9. The number of rotatable bonds is 4. The number of hydrogen-bond donors (Lipinski definition) is 1. The molecule has 1 saturated carbocycles. The SMILES string of the molecule is CC1CCN(S(=O)(=O)NOC2CCCC2)CC1. The number of piperidine rings is 1. The first-order valence-electron chi connectivity index (χ1n) is 6.50. The van der Waals surface area contributed by atoms with Crippen molar-refractivity contribution in [3.05, 3.63) is 0 Å². The van der Waals surface area contributed by atoms with E-state index in [0.717, 1.165) is 38.5 Å². The monoisotopic (exact) mass is 262 g/mol. The Kier molecular flexibility index (Phi) is 4.41. The summed E-state index contributed by atoms with van der Waals surface area (Å²) in [7, 11) is -3.43. The summed E-state index contributed by atoms with van der Waals surface area (Å²) in [6.07, 6.45) is 6.11. The van der Waals surface area contributed by atoms with E-state index in [-0.39, 0.29) is 6.10 Å². The van der Waals surface area contributed by atoms with Crippen LogP contribution in [-0.2, 0) is 15.0 Å². The first kappa shape index (κ1) is 13.3. The van der Waals surface area contributed by atoms with E-state index in [1.807, 2.05) is 0 Å². The molecular weight excluding hydrogens is 240 g/mol. The second-order valence-electron chi connectivity index (χ2n) is 5.19. The van der Waals surface area contributed by atoms with Crippen LogP contribution in [0.3, 0.4) is 0 Å². The van der Waals surface area contributed by atoms with Gasteiger partial charge in [0, 0.05) is 13.1 Å². The molecule has 0 unspecified atom stereocenters. The van der Waals surface area contributed by atoms with Crippen molar-refractivity contribution in [2.24, 2.45) is 5.92 Å². The zero-order valence-corrected chi connectivity index (χ0v) is 11.2. The largest absolute Gasteiger partial charge is 0.301 e. The molecule has 0 amide bonds. The predicted molar refractivity (Wildman–Crippen MR) is 65.4 cm³/mol. The van der Waals surface area contributed by atoms with Gasteiger partial charge in [-0.05, 0) is 31.6 Å².